The minimum Gasteiger partial charge on any atom is -0.398 e. The van der Waals surface area contributed by atoms with Gasteiger partial charge in [0.25, 0.3) is 10.1 Å². The number of nitrogen functional groups attached to an aromatic ring is 1. The van der Waals surface area contributed by atoms with Crippen molar-refractivity contribution in [2.24, 2.45) is 0 Å². The Bertz CT molecular complexity index is 423. The fourth-order valence-corrected chi connectivity index (χ4v) is 1.14. The zero-order valence-corrected chi connectivity index (χ0v) is 7.53. The van der Waals surface area contributed by atoms with Crippen LogP contribution in [0.1, 0.15) is 5.56 Å². The third-order valence-electron chi connectivity index (χ3n) is 1.42. The summed E-state index contributed by atoms with van der Waals surface area (Å²) in [5.41, 5.74) is 6.54. The molecule has 3 N–H and O–H groups in total. The average Bonchev–Trinajstić information content (AvgIpc) is 2.01. The van der Waals surface area contributed by atoms with Gasteiger partial charge in [-0.05, 0) is 17.7 Å². The molecule has 0 atom stereocenters. The Kier molecular flexibility index (Phi) is 2.69. The van der Waals surface area contributed by atoms with Crippen molar-refractivity contribution in [3.8, 4) is 0 Å². The predicted molar refractivity (Wildman–Crippen MR) is 51.4 cm³/mol. The molecule has 13 heavy (non-hydrogen) atoms. The zero-order chi connectivity index (χ0) is 9.90. The van der Waals surface area contributed by atoms with Crippen LogP contribution in [0.25, 0.3) is 6.08 Å². The molecule has 0 unspecified atom stereocenters. The van der Waals surface area contributed by atoms with Gasteiger partial charge < -0.3 is 5.73 Å². The van der Waals surface area contributed by atoms with E-state index in [0.29, 0.717) is 16.7 Å². The SMILES string of the molecule is Nc1ccccc1/C=C/S(=O)(=O)O. The Morgan fingerprint density at radius 2 is 1.92 bits per heavy atom. The van der Waals surface area contributed by atoms with Crippen molar-refractivity contribution >= 4 is 21.9 Å². The van der Waals surface area contributed by atoms with Crippen molar-refractivity contribution in [1.29, 1.82) is 0 Å². The number of hydrogen-bond acceptors (Lipinski definition) is 3. The van der Waals surface area contributed by atoms with E-state index in [1.807, 2.05) is 0 Å². The summed E-state index contributed by atoms with van der Waals surface area (Å²) in [6.07, 6.45) is 1.24. The van der Waals surface area contributed by atoms with E-state index in [1.165, 1.54) is 6.08 Å². The number of hydrogen-bond donors (Lipinski definition) is 2. The third kappa shape index (κ3) is 3.27. The van der Waals surface area contributed by atoms with Crippen LogP contribution in [0.4, 0.5) is 5.69 Å². The molecule has 0 bridgehead atoms. The van der Waals surface area contributed by atoms with Crippen LogP contribution in [0, 0.1) is 0 Å². The van der Waals surface area contributed by atoms with E-state index in [-0.39, 0.29) is 0 Å². The van der Waals surface area contributed by atoms with Crippen LogP contribution in [-0.4, -0.2) is 13.0 Å². The molecule has 0 aliphatic rings. The smallest absolute Gasteiger partial charge is 0.287 e. The molecule has 0 aliphatic heterocycles. The highest BCUT2D eigenvalue weighted by Crippen LogP contribution is 2.12. The number of benzene rings is 1. The van der Waals surface area contributed by atoms with E-state index in [4.69, 9.17) is 10.3 Å². The lowest BCUT2D eigenvalue weighted by Gasteiger charge is -1.96. The molecule has 1 aromatic carbocycles. The normalized spacial score (nSPS) is 12.1. The molecule has 0 heterocycles. The van der Waals surface area contributed by atoms with Gasteiger partial charge in [0.15, 0.2) is 0 Å². The molecule has 1 aromatic rings. The van der Waals surface area contributed by atoms with Gasteiger partial charge in [-0.1, -0.05) is 18.2 Å². The second kappa shape index (κ2) is 3.59. The zero-order valence-electron chi connectivity index (χ0n) is 6.71. The molecule has 0 amide bonds. The van der Waals surface area contributed by atoms with E-state index in [9.17, 15) is 8.42 Å². The molecular formula is C8H9NO3S. The highest BCUT2D eigenvalue weighted by Gasteiger charge is 1.97. The number of anilines is 1. The molecular weight excluding hydrogens is 190 g/mol. The standard InChI is InChI=1S/C8H9NO3S/c9-8-4-2-1-3-7(8)5-6-13(10,11)12/h1-6H,9H2,(H,10,11,12)/b6-5+. The Hall–Kier alpha value is -1.33. The van der Waals surface area contributed by atoms with Crippen LogP contribution in [0.15, 0.2) is 29.7 Å². The quantitative estimate of drug-likeness (QED) is 0.552. The van der Waals surface area contributed by atoms with Crippen molar-refractivity contribution in [2.45, 2.75) is 0 Å². The van der Waals surface area contributed by atoms with E-state index in [1.54, 1.807) is 24.3 Å². The highest BCUT2D eigenvalue weighted by molar-refractivity contribution is 7.88. The number of nitrogens with two attached hydrogens (primary N) is 1. The first kappa shape index (κ1) is 9.76. The fraction of sp³-hybridized carbons (Fsp3) is 0. The molecule has 1 rings (SSSR count). The van der Waals surface area contributed by atoms with Crippen LogP contribution < -0.4 is 5.73 Å². The molecule has 0 aliphatic carbocycles. The Morgan fingerprint density at radius 1 is 1.31 bits per heavy atom. The predicted octanol–water partition coefficient (Wildman–Crippen LogP) is 1.13. The summed E-state index contributed by atoms with van der Waals surface area (Å²) in [6, 6.07) is 6.75. The van der Waals surface area contributed by atoms with Crippen molar-refractivity contribution in [2.75, 3.05) is 5.73 Å². The topological polar surface area (TPSA) is 80.4 Å². The van der Waals surface area contributed by atoms with Gasteiger partial charge in [-0.3, -0.25) is 4.55 Å². The summed E-state index contributed by atoms with van der Waals surface area (Å²) >= 11 is 0. The summed E-state index contributed by atoms with van der Waals surface area (Å²) in [5.74, 6) is 0. The maximum atomic E-state index is 10.3. The summed E-state index contributed by atoms with van der Waals surface area (Å²) in [6.45, 7) is 0. The van der Waals surface area contributed by atoms with Crippen LogP contribution in [0.5, 0.6) is 0 Å². The largest absolute Gasteiger partial charge is 0.398 e. The lowest BCUT2D eigenvalue weighted by Crippen LogP contribution is -1.91. The van der Waals surface area contributed by atoms with E-state index in [0.717, 1.165) is 0 Å². The van der Waals surface area contributed by atoms with E-state index >= 15 is 0 Å². The summed E-state index contributed by atoms with van der Waals surface area (Å²) in [4.78, 5) is 0. The number of para-hydroxylation sites is 1. The van der Waals surface area contributed by atoms with Gasteiger partial charge in [0.2, 0.25) is 0 Å². The van der Waals surface area contributed by atoms with Gasteiger partial charge in [-0.2, -0.15) is 8.42 Å². The third-order valence-corrected chi connectivity index (χ3v) is 1.90. The van der Waals surface area contributed by atoms with Crippen LogP contribution in [-0.2, 0) is 10.1 Å². The van der Waals surface area contributed by atoms with Crippen molar-refractivity contribution in [3.05, 3.63) is 35.2 Å². The molecule has 0 spiro atoms. The minimum atomic E-state index is -4.08. The van der Waals surface area contributed by atoms with E-state index < -0.39 is 10.1 Å². The molecule has 0 radical (unpaired) electrons. The average molecular weight is 199 g/mol. The molecule has 0 aromatic heterocycles. The van der Waals surface area contributed by atoms with Crippen LogP contribution >= 0.6 is 0 Å². The molecule has 70 valence electrons. The minimum absolute atomic E-state index is 0.461. The van der Waals surface area contributed by atoms with Crippen molar-refractivity contribution in [3.63, 3.8) is 0 Å². The van der Waals surface area contributed by atoms with Crippen LogP contribution in [0.2, 0.25) is 0 Å². The maximum absolute atomic E-state index is 10.3. The Labute approximate surface area is 76.4 Å². The molecule has 5 heteroatoms. The lowest BCUT2D eigenvalue weighted by molar-refractivity contribution is 0.494. The first-order chi connectivity index (χ1) is 5.99. The molecule has 0 fully saturated rings. The molecule has 0 saturated carbocycles. The lowest BCUT2D eigenvalue weighted by atomic mass is 10.2. The van der Waals surface area contributed by atoms with Gasteiger partial charge >= 0.3 is 0 Å². The molecule has 0 saturated heterocycles. The van der Waals surface area contributed by atoms with Crippen molar-refractivity contribution < 1.29 is 13.0 Å². The van der Waals surface area contributed by atoms with Gasteiger partial charge in [0.05, 0.1) is 5.41 Å². The summed E-state index contributed by atoms with van der Waals surface area (Å²) in [7, 11) is -4.08. The molecule has 4 nitrogen and oxygen atoms in total. The first-order valence-corrected chi connectivity index (χ1v) is 4.99. The second-order valence-corrected chi connectivity index (χ2v) is 3.75. The second-order valence-electron chi connectivity index (χ2n) is 2.45. The van der Waals surface area contributed by atoms with Gasteiger partial charge in [-0.15, -0.1) is 0 Å². The van der Waals surface area contributed by atoms with Gasteiger partial charge in [0.1, 0.15) is 0 Å². The summed E-state index contributed by atoms with van der Waals surface area (Å²) < 4.78 is 29.1. The Balaban J connectivity index is 3.00. The van der Waals surface area contributed by atoms with Gasteiger partial charge in [-0.25, -0.2) is 0 Å². The maximum Gasteiger partial charge on any atom is 0.287 e. The highest BCUT2D eigenvalue weighted by atomic mass is 32.2. The summed E-state index contributed by atoms with van der Waals surface area (Å²) in [5, 5.41) is 0.693. The van der Waals surface area contributed by atoms with Gasteiger partial charge in [0, 0.05) is 5.69 Å². The fourth-order valence-electron chi connectivity index (χ4n) is 0.822. The van der Waals surface area contributed by atoms with E-state index in [2.05, 4.69) is 0 Å². The number of rotatable bonds is 2. The van der Waals surface area contributed by atoms with Crippen LogP contribution in [0.3, 0.4) is 0 Å². The monoisotopic (exact) mass is 199 g/mol. The Morgan fingerprint density at radius 3 is 2.46 bits per heavy atom. The first-order valence-electron chi connectivity index (χ1n) is 3.49. The van der Waals surface area contributed by atoms with Crippen molar-refractivity contribution in [1.82, 2.24) is 0 Å².